The van der Waals surface area contributed by atoms with E-state index in [1.165, 1.54) is 0 Å². The van der Waals surface area contributed by atoms with Crippen molar-refractivity contribution in [3.05, 3.63) is 64.3 Å². The number of halogens is 1. The predicted molar refractivity (Wildman–Crippen MR) is 97.8 cm³/mol. The third-order valence-corrected chi connectivity index (χ3v) is 5.02. The van der Waals surface area contributed by atoms with Crippen LogP contribution in [0.2, 0.25) is 5.02 Å². The molecule has 6 heteroatoms. The van der Waals surface area contributed by atoms with E-state index >= 15 is 0 Å². The maximum atomic E-state index is 11.8. The highest BCUT2D eigenvalue weighted by atomic mass is 35.5. The fourth-order valence-electron chi connectivity index (χ4n) is 3.44. The topological polar surface area (TPSA) is 57.7 Å². The molecule has 3 heterocycles. The summed E-state index contributed by atoms with van der Waals surface area (Å²) in [7, 11) is 0. The maximum absolute atomic E-state index is 11.8. The van der Waals surface area contributed by atoms with Crippen molar-refractivity contribution in [1.82, 2.24) is 4.98 Å². The van der Waals surface area contributed by atoms with Gasteiger partial charge in [0.25, 0.3) is 0 Å². The summed E-state index contributed by atoms with van der Waals surface area (Å²) >= 11 is 6.29. The number of H-pyrrole nitrogens is 1. The molecule has 0 unspecified atom stereocenters. The Morgan fingerprint density at radius 1 is 1.20 bits per heavy atom. The molecule has 5 nitrogen and oxygen atoms in total. The molecular formula is C19H14ClN3O2. The molecular weight excluding hydrogens is 338 g/mol. The lowest BCUT2D eigenvalue weighted by Gasteiger charge is -2.14. The SMILES string of the molecule is O=C1OCCN1c1ccc2c(c1)C(c1cc3c(Cl)cccc3[nH]1)=NC2. The van der Waals surface area contributed by atoms with E-state index in [-0.39, 0.29) is 6.09 Å². The van der Waals surface area contributed by atoms with E-state index < -0.39 is 0 Å². The minimum absolute atomic E-state index is 0.297. The van der Waals surface area contributed by atoms with Crippen molar-refractivity contribution in [2.75, 3.05) is 18.1 Å². The summed E-state index contributed by atoms with van der Waals surface area (Å²) in [6.45, 7) is 1.64. The molecule has 0 saturated carbocycles. The number of ether oxygens (including phenoxy) is 1. The van der Waals surface area contributed by atoms with E-state index in [2.05, 4.69) is 4.98 Å². The summed E-state index contributed by atoms with van der Waals surface area (Å²) in [6.07, 6.45) is -0.297. The van der Waals surface area contributed by atoms with Crippen LogP contribution in [0.3, 0.4) is 0 Å². The monoisotopic (exact) mass is 351 g/mol. The van der Waals surface area contributed by atoms with Crippen LogP contribution in [0.5, 0.6) is 0 Å². The van der Waals surface area contributed by atoms with E-state index in [1.807, 2.05) is 42.5 Å². The van der Waals surface area contributed by atoms with Gasteiger partial charge in [-0.15, -0.1) is 0 Å². The Morgan fingerprint density at radius 2 is 2.12 bits per heavy atom. The van der Waals surface area contributed by atoms with Gasteiger partial charge in [0.15, 0.2) is 0 Å². The lowest BCUT2D eigenvalue weighted by atomic mass is 10.0. The van der Waals surface area contributed by atoms with Crippen LogP contribution in [0.25, 0.3) is 10.9 Å². The molecule has 5 rings (SSSR count). The van der Waals surface area contributed by atoms with Crippen LogP contribution in [0.1, 0.15) is 16.8 Å². The van der Waals surface area contributed by atoms with E-state index in [0.717, 1.165) is 39.1 Å². The Balaban J connectivity index is 1.59. The number of carbonyl (C=O) groups excluding carboxylic acids is 1. The predicted octanol–water partition coefficient (Wildman–Crippen LogP) is 4.13. The van der Waals surface area contributed by atoms with Gasteiger partial charge in [0.2, 0.25) is 0 Å². The fourth-order valence-corrected chi connectivity index (χ4v) is 3.67. The highest BCUT2D eigenvalue weighted by Crippen LogP contribution is 2.31. The second-order valence-corrected chi connectivity index (χ2v) is 6.56. The first-order valence-electron chi connectivity index (χ1n) is 8.10. The molecule has 1 amide bonds. The molecule has 0 radical (unpaired) electrons. The first-order valence-corrected chi connectivity index (χ1v) is 8.48. The lowest BCUT2D eigenvalue weighted by Crippen LogP contribution is -2.23. The van der Waals surface area contributed by atoms with Crippen molar-refractivity contribution in [1.29, 1.82) is 0 Å². The average Bonchev–Trinajstić information content (AvgIpc) is 3.31. The Kier molecular flexibility index (Phi) is 3.12. The van der Waals surface area contributed by atoms with Crippen molar-refractivity contribution in [3.63, 3.8) is 0 Å². The third-order valence-electron chi connectivity index (χ3n) is 4.69. The maximum Gasteiger partial charge on any atom is 0.414 e. The summed E-state index contributed by atoms with van der Waals surface area (Å²) in [5.41, 5.74) is 5.85. The molecule has 1 fully saturated rings. The van der Waals surface area contributed by atoms with Crippen molar-refractivity contribution in [3.8, 4) is 0 Å². The van der Waals surface area contributed by atoms with Crippen molar-refractivity contribution >= 4 is 40.0 Å². The van der Waals surface area contributed by atoms with Gasteiger partial charge in [0.05, 0.1) is 24.5 Å². The second-order valence-electron chi connectivity index (χ2n) is 6.16. The van der Waals surface area contributed by atoms with Gasteiger partial charge in [-0.2, -0.15) is 0 Å². The first-order chi connectivity index (χ1) is 12.2. The molecule has 0 spiro atoms. The van der Waals surface area contributed by atoms with Crippen molar-refractivity contribution in [2.24, 2.45) is 4.99 Å². The quantitative estimate of drug-likeness (QED) is 0.754. The standard InChI is InChI=1S/C19H14ClN3O2/c20-15-2-1-3-16-14(15)9-17(22-16)18-13-8-12(5-4-11(13)10-21-18)23-6-7-25-19(23)24/h1-5,8-9,22H,6-7,10H2. The molecule has 124 valence electrons. The zero-order valence-electron chi connectivity index (χ0n) is 13.3. The molecule has 0 atom stereocenters. The number of benzene rings is 2. The number of aromatic amines is 1. The number of aromatic nitrogens is 1. The molecule has 0 bridgehead atoms. The van der Waals surface area contributed by atoms with Crippen molar-refractivity contribution in [2.45, 2.75) is 6.54 Å². The van der Waals surface area contributed by atoms with Crippen LogP contribution in [0, 0.1) is 0 Å². The molecule has 3 aromatic rings. The third kappa shape index (κ3) is 2.23. The largest absolute Gasteiger partial charge is 0.447 e. The van der Waals surface area contributed by atoms with Gasteiger partial charge in [0.1, 0.15) is 6.61 Å². The number of cyclic esters (lactones) is 1. The molecule has 2 aromatic carbocycles. The number of fused-ring (bicyclic) bond motifs is 2. The summed E-state index contributed by atoms with van der Waals surface area (Å²) in [6, 6.07) is 13.8. The molecule has 1 saturated heterocycles. The zero-order chi connectivity index (χ0) is 17.0. The number of hydrogen-bond acceptors (Lipinski definition) is 3. The fraction of sp³-hybridized carbons (Fsp3) is 0.158. The van der Waals surface area contributed by atoms with Gasteiger partial charge in [-0.25, -0.2) is 4.79 Å². The number of nitrogens with zero attached hydrogens (tertiary/aromatic N) is 2. The molecule has 0 aliphatic carbocycles. The molecule has 25 heavy (non-hydrogen) atoms. The van der Waals surface area contributed by atoms with Gasteiger partial charge < -0.3 is 9.72 Å². The molecule has 2 aliphatic rings. The molecule has 1 aromatic heterocycles. The normalized spacial score (nSPS) is 16.3. The van der Waals surface area contributed by atoms with Gasteiger partial charge >= 0.3 is 6.09 Å². The van der Waals surface area contributed by atoms with Crippen molar-refractivity contribution < 1.29 is 9.53 Å². The van der Waals surface area contributed by atoms with Crippen LogP contribution in [0.4, 0.5) is 10.5 Å². The molecule has 1 N–H and O–H groups in total. The number of amides is 1. The Hall–Kier alpha value is -2.79. The minimum Gasteiger partial charge on any atom is -0.447 e. The summed E-state index contributed by atoms with van der Waals surface area (Å²) in [4.78, 5) is 21.6. The highest BCUT2D eigenvalue weighted by Gasteiger charge is 2.26. The number of carbonyl (C=O) groups is 1. The van der Waals surface area contributed by atoms with Crippen LogP contribution in [0.15, 0.2) is 47.5 Å². The first kappa shape index (κ1) is 14.5. The number of hydrogen-bond donors (Lipinski definition) is 1. The number of rotatable bonds is 2. The number of nitrogens with one attached hydrogen (secondary N) is 1. The Bertz CT molecular complexity index is 1050. The van der Waals surface area contributed by atoms with Gasteiger partial charge in [-0.1, -0.05) is 23.7 Å². The number of aliphatic imine (C=N–C) groups is 1. The van der Waals surface area contributed by atoms with E-state index in [1.54, 1.807) is 4.90 Å². The van der Waals surface area contributed by atoms with Crippen LogP contribution < -0.4 is 4.90 Å². The van der Waals surface area contributed by atoms with Crippen LogP contribution >= 0.6 is 11.6 Å². The van der Waals surface area contributed by atoms with Gasteiger partial charge in [-0.3, -0.25) is 9.89 Å². The van der Waals surface area contributed by atoms with Gasteiger partial charge in [-0.05, 0) is 35.9 Å². The lowest BCUT2D eigenvalue weighted by molar-refractivity contribution is 0.181. The second kappa shape index (κ2) is 5.36. The summed E-state index contributed by atoms with van der Waals surface area (Å²) < 4.78 is 5.04. The summed E-state index contributed by atoms with van der Waals surface area (Å²) in [5, 5.41) is 1.70. The Labute approximate surface area is 148 Å². The van der Waals surface area contributed by atoms with E-state index in [0.29, 0.717) is 24.7 Å². The summed E-state index contributed by atoms with van der Waals surface area (Å²) in [5.74, 6) is 0. The minimum atomic E-state index is -0.297. The number of anilines is 1. The van der Waals surface area contributed by atoms with E-state index in [4.69, 9.17) is 21.3 Å². The Morgan fingerprint density at radius 3 is 2.92 bits per heavy atom. The molecule has 2 aliphatic heterocycles. The van der Waals surface area contributed by atoms with Gasteiger partial charge in [0, 0.05) is 27.2 Å². The van der Waals surface area contributed by atoms with Crippen LogP contribution in [-0.4, -0.2) is 29.9 Å². The van der Waals surface area contributed by atoms with E-state index in [9.17, 15) is 4.79 Å². The van der Waals surface area contributed by atoms with Crippen LogP contribution in [-0.2, 0) is 11.3 Å². The highest BCUT2D eigenvalue weighted by molar-refractivity contribution is 6.35. The smallest absolute Gasteiger partial charge is 0.414 e. The average molecular weight is 352 g/mol. The zero-order valence-corrected chi connectivity index (χ0v) is 14.0.